The van der Waals surface area contributed by atoms with Crippen molar-refractivity contribution in [3.8, 4) is 5.75 Å². The average molecular weight is 308 g/mol. The van der Waals surface area contributed by atoms with Crippen molar-refractivity contribution in [2.45, 2.75) is 32.0 Å². The van der Waals surface area contributed by atoms with Gasteiger partial charge in [-0.05, 0) is 31.5 Å². The van der Waals surface area contributed by atoms with Crippen LogP contribution in [0.15, 0.2) is 18.2 Å². The van der Waals surface area contributed by atoms with E-state index < -0.39 is 11.7 Å². The third kappa shape index (κ3) is 3.38. The topological polar surface area (TPSA) is 21.3 Å². The van der Waals surface area contributed by atoms with E-state index in [2.05, 4.69) is 5.32 Å². The Morgan fingerprint density at radius 2 is 2.20 bits per heavy atom. The van der Waals surface area contributed by atoms with Crippen molar-refractivity contribution in [3.05, 3.63) is 28.8 Å². The monoisotopic (exact) mass is 307 g/mol. The third-order valence-corrected chi connectivity index (χ3v) is 3.88. The fourth-order valence-electron chi connectivity index (χ4n) is 2.55. The van der Waals surface area contributed by atoms with Gasteiger partial charge in [0.05, 0.1) is 5.02 Å². The quantitative estimate of drug-likeness (QED) is 0.903. The van der Waals surface area contributed by atoms with Crippen molar-refractivity contribution >= 4 is 11.6 Å². The van der Waals surface area contributed by atoms with Crippen molar-refractivity contribution in [2.75, 3.05) is 13.1 Å². The minimum atomic E-state index is -4.51. The van der Waals surface area contributed by atoms with Gasteiger partial charge in [0.15, 0.2) is 0 Å². The molecule has 1 aliphatic rings. The molecule has 0 amide bonds. The second-order valence-corrected chi connectivity index (χ2v) is 5.34. The lowest BCUT2D eigenvalue weighted by atomic mass is 9.99. The molecule has 2 nitrogen and oxygen atoms in total. The Morgan fingerprint density at radius 1 is 1.45 bits per heavy atom. The molecule has 0 radical (unpaired) electrons. The number of rotatable bonds is 4. The van der Waals surface area contributed by atoms with Gasteiger partial charge in [-0.1, -0.05) is 24.6 Å². The van der Waals surface area contributed by atoms with Crippen LogP contribution >= 0.6 is 11.6 Å². The Labute approximate surface area is 121 Å². The summed E-state index contributed by atoms with van der Waals surface area (Å²) in [7, 11) is 0. The standard InChI is InChI=1S/C14H17ClF3NO/c1-2-11(9-6-7-19-8-9)20-12-5-3-4-10(15)13(12)14(16,17)18/h3-5,9,11,19H,2,6-8H2,1H3/t9-,11-/m0/s1. The summed E-state index contributed by atoms with van der Waals surface area (Å²) in [6, 6.07) is 4.04. The van der Waals surface area contributed by atoms with Gasteiger partial charge >= 0.3 is 6.18 Å². The van der Waals surface area contributed by atoms with Gasteiger partial charge in [-0.25, -0.2) is 0 Å². The third-order valence-electron chi connectivity index (χ3n) is 3.56. The smallest absolute Gasteiger partial charge is 0.421 e. The molecule has 0 unspecified atom stereocenters. The predicted molar refractivity (Wildman–Crippen MR) is 72.1 cm³/mol. The minimum Gasteiger partial charge on any atom is -0.489 e. The molecular weight excluding hydrogens is 291 g/mol. The molecule has 112 valence electrons. The molecule has 0 spiro atoms. The van der Waals surface area contributed by atoms with Crippen LogP contribution in [-0.4, -0.2) is 19.2 Å². The Balaban J connectivity index is 2.26. The molecule has 1 aromatic rings. The highest BCUT2D eigenvalue weighted by molar-refractivity contribution is 6.31. The number of hydrogen-bond donors (Lipinski definition) is 1. The van der Waals surface area contributed by atoms with Crippen molar-refractivity contribution in [1.82, 2.24) is 5.32 Å². The minimum absolute atomic E-state index is 0.177. The maximum atomic E-state index is 13.1. The number of halogens is 4. The highest BCUT2D eigenvalue weighted by Crippen LogP contribution is 2.41. The zero-order chi connectivity index (χ0) is 14.8. The largest absolute Gasteiger partial charge is 0.489 e. The van der Waals surface area contributed by atoms with E-state index in [0.29, 0.717) is 6.42 Å². The molecule has 1 saturated heterocycles. The maximum absolute atomic E-state index is 13.1. The van der Waals surface area contributed by atoms with E-state index in [1.807, 2.05) is 6.92 Å². The lowest BCUT2D eigenvalue weighted by Crippen LogP contribution is -2.29. The molecule has 1 N–H and O–H groups in total. The van der Waals surface area contributed by atoms with E-state index in [-0.39, 0.29) is 22.8 Å². The lowest BCUT2D eigenvalue weighted by molar-refractivity contribution is -0.139. The van der Waals surface area contributed by atoms with Gasteiger partial charge in [0.25, 0.3) is 0 Å². The summed E-state index contributed by atoms with van der Waals surface area (Å²) in [4.78, 5) is 0. The second kappa shape index (κ2) is 6.22. The molecular formula is C14H17ClF3NO. The SMILES string of the molecule is CC[C@H](Oc1cccc(Cl)c1C(F)(F)F)[C@H]1CCNC1. The molecule has 0 aliphatic carbocycles. The van der Waals surface area contributed by atoms with E-state index >= 15 is 0 Å². The number of hydrogen-bond acceptors (Lipinski definition) is 2. The van der Waals surface area contributed by atoms with Gasteiger partial charge in [-0.15, -0.1) is 0 Å². The average Bonchev–Trinajstić information content (AvgIpc) is 2.88. The first-order chi connectivity index (χ1) is 9.43. The maximum Gasteiger partial charge on any atom is 0.421 e. The Bertz CT molecular complexity index is 458. The number of alkyl halides is 3. The molecule has 2 rings (SSSR count). The Morgan fingerprint density at radius 3 is 2.75 bits per heavy atom. The summed E-state index contributed by atoms with van der Waals surface area (Å²) < 4.78 is 44.8. The predicted octanol–water partition coefficient (Wildman–Crippen LogP) is 4.13. The molecule has 0 saturated carbocycles. The fourth-order valence-corrected chi connectivity index (χ4v) is 2.82. The molecule has 6 heteroatoms. The van der Waals surface area contributed by atoms with E-state index in [1.165, 1.54) is 18.2 Å². The first kappa shape index (κ1) is 15.4. The molecule has 1 fully saturated rings. The van der Waals surface area contributed by atoms with Gasteiger partial charge in [-0.3, -0.25) is 0 Å². The van der Waals surface area contributed by atoms with Crippen molar-refractivity contribution < 1.29 is 17.9 Å². The van der Waals surface area contributed by atoms with Gasteiger partial charge in [0.1, 0.15) is 17.4 Å². The Hall–Kier alpha value is -0.940. The van der Waals surface area contributed by atoms with E-state index in [1.54, 1.807) is 0 Å². The van der Waals surface area contributed by atoms with Gasteiger partial charge in [-0.2, -0.15) is 13.2 Å². The normalized spacial score (nSPS) is 20.9. The van der Waals surface area contributed by atoms with Crippen LogP contribution < -0.4 is 10.1 Å². The second-order valence-electron chi connectivity index (χ2n) is 4.93. The molecule has 1 aromatic carbocycles. The highest BCUT2D eigenvalue weighted by Gasteiger charge is 2.38. The molecule has 1 aliphatic heterocycles. The van der Waals surface area contributed by atoms with E-state index in [4.69, 9.17) is 16.3 Å². The van der Waals surface area contributed by atoms with Crippen molar-refractivity contribution in [3.63, 3.8) is 0 Å². The summed E-state index contributed by atoms with van der Waals surface area (Å²) in [5, 5.41) is 2.88. The molecule has 1 heterocycles. The van der Waals surface area contributed by atoms with Crippen molar-refractivity contribution in [2.24, 2.45) is 5.92 Å². The van der Waals surface area contributed by atoms with Crippen LogP contribution in [0.2, 0.25) is 5.02 Å². The van der Waals surface area contributed by atoms with Crippen LogP contribution in [0.4, 0.5) is 13.2 Å². The number of nitrogens with one attached hydrogen (secondary N) is 1. The summed E-state index contributed by atoms with van der Waals surface area (Å²) in [5.74, 6) is 0.0591. The number of ether oxygens (including phenoxy) is 1. The van der Waals surface area contributed by atoms with Crippen LogP contribution in [-0.2, 0) is 6.18 Å². The van der Waals surface area contributed by atoms with Crippen LogP contribution in [0.3, 0.4) is 0 Å². The molecule has 0 aromatic heterocycles. The Kier molecular flexibility index (Phi) is 4.81. The van der Waals surface area contributed by atoms with E-state index in [0.717, 1.165) is 19.5 Å². The number of benzene rings is 1. The van der Waals surface area contributed by atoms with E-state index in [9.17, 15) is 13.2 Å². The van der Waals surface area contributed by atoms with Crippen LogP contribution in [0, 0.1) is 5.92 Å². The van der Waals surface area contributed by atoms with Crippen LogP contribution in [0.5, 0.6) is 5.75 Å². The molecule has 0 bridgehead atoms. The van der Waals surface area contributed by atoms with Gasteiger partial charge < -0.3 is 10.1 Å². The summed E-state index contributed by atoms with van der Waals surface area (Å²) in [5.41, 5.74) is -0.883. The lowest BCUT2D eigenvalue weighted by Gasteiger charge is -2.25. The fraction of sp³-hybridized carbons (Fsp3) is 0.571. The molecule has 20 heavy (non-hydrogen) atoms. The molecule has 2 atom stereocenters. The zero-order valence-corrected chi connectivity index (χ0v) is 11.9. The van der Waals surface area contributed by atoms with Gasteiger partial charge in [0.2, 0.25) is 0 Å². The first-order valence-electron chi connectivity index (χ1n) is 6.66. The summed E-state index contributed by atoms with van der Waals surface area (Å²) in [6.07, 6.45) is -3.17. The highest BCUT2D eigenvalue weighted by atomic mass is 35.5. The zero-order valence-electron chi connectivity index (χ0n) is 11.1. The van der Waals surface area contributed by atoms with Crippen LogP contribution in [0.25, 0.3) is 0 Å². The summed E-state index contributed by atoms with van der Waals surface area (Å²) in [6.45, 7) is 3.58. The first-order valence-corrected chi connectivity index (χ1v) is 7.04. The summed E-state index contributed by atoms with van der Waals surface area (Å²) >= 11 is 5.69. The van der Waals surface area contributed by atoms with Gasteiger partial charge in [0, 0.05) is 12.5 Å². The van der Waals surface area contributed by atoms with Crippen LogP contribution in [0.1, 0.15) is 25.3 Å². The van der Waals surface area contributed by atoms with Crippen molar-refractivity contribution in [1.29, 1.82) is 0 Å².